The van der Waals surface area contributed by atoms with Gasteiger partial charge in [0, 0.05) is 18.1 Å². The molecular formula is C14H18O4S2. The predicted octanol–water partition coefficient (Wildman–Crippen LogP) is 2.75. The topological polar surface area (TPSA) is 60.4 Å². The maximum atomic E-state index is 12.0. The number of carbonyl (C=O) groups excluding carboxylic acids is 1. The molecule has 0 saturated carbocycles. The summed E-state index contributed by atoms with van der Waals surface area (Å²) < 4.78 is 28.3. The molecule has 1 rings (SSSR count). The summed E-state index contributed by atoms with van der Waals surface area (Å²) in [6.07, 6.45) is 6.29. The monoisotopic (exact) mass is 314 g/mol. The SMILES string of the molecule is C#CCC(OC(=O)c1csc(S(C)(=O)=O)c1)C(C)(C)C. The molecule has 0 fully saturated rings. The van der Waals surface area contributed by atoms with Gasteiger partial charge in [-0.3, -0.25) is 0 Å². The summed E-state index contributed by atoms with van der Waals surface area (Å²) >= 11 is 1.00. The van der Waals surface area contributed by atoms with Crippen molar-refractivity contribution < 1.29 is 17.9 Å². The molecule has 6 heteroatoms. The number of sulfone groups is 1. The van der Waals surface area contributed by atoms with Gasteiger partial charge in [-0.25, -0.2) is 13.2 Å². The molecule has 110 valence electrons. The number of carbonyl (C=O) groups is 1. The lowest BCUT2D eigenvalue weighted by Crippen LogP contribution is -2.31. The van der Waals surface area contributed by atoms with E-state index in [4.69, 9.17) is 11.2 Å². The largest absolute Gasteiger partial charge is 0.457 e. The van der Waals surface area contributed by atoms with Gasteiger partial charge in [0.15, 0.2) is 9.84 Å². The van der Waals surface area contributed by atoms with Crippen molar-refractivity contribution in [1.82, 2.24) is 0 Å². The van der Waals surface area contributed by atoms with E-state index >= 15 is 0 Å². The average Bonchev–Trinajstić information content (AvgIpc) is 2.75. The fourth-order valence-electron chi connectivity index (χ4n) is 1.45. The minimum atomic E-state index is -3.30. The van der Waals surface area contributed by atoms with Crippen molar-refractivity contribution in [3.63, 3.8) is 0 Å². The van der Waals surface area contributed by atoms with E-state index in [1.807, 2.05) is 20.8 Å². The first-order valence-corrected chi connectivity index (χ1v) is 8.76. The van der Waals surface area contributed by atoms with Gasteiger partial charge in [-0.2, -0.15) is 0 Å². The van der Waals surface area contributed by atoms with Crippen molar-refractivity contribution >= 4 is 27.1 Å². The molecule has 1 unspecified atom stereocenters. The summed E-state index contributed by atoms with van der Waals surface area (Å²) in [6, 6.07) is 1.33. The summed E-state index contributed by atoms with van der Waals surface area (Å²) in [6.45, 7) is 5.79. The summed E-state index contributed by atoms with van der Waals surface area (Å²) in [5, 5.41) is 1.48. The lowest BCUT2D eigenvalue weighted by Gasteiger charge is -2.28. The molecule has 0 aliphatic heterocycles. The van der Waals surface area contributed by atoms with E-state index < -0.39 is 21.9 Å². The van der Waals surface area contributed by atoms with Crippen molar-refractivity contribution in [2.24, 2.45) is 5.41 Å². The molecule has 1 atom stereocenters. The summed E-state index contributed by atoms with van der Waals surface area (Å²) in [4.78, 5) is 12.0. The van der Waals surface area contributed by atoms with E-state index in [0.29, 0.717) is 6.42 Å². The van der Waals surface area contributed by atoms with Crippen molar-refractivity contribution in [1.29, 1.82) is 0 Å². The molecule has 0 N–H and O–H groups in total. The molecule has 4 nitrogen and oxygen atoms in total. The molecule has 1 heterocycles. The number of rotatable bonds is 4. The van der Waals surface area contributed by atoms with E-state index in [2.05, 4.69) is 5.92 Å². The highest BCUT2D eigenvalue weighted by atomic mass is 32.2. The average molecular weight is 314 g/mol. The van der Waals surface area contributed by atoms with Crippen LogP contribution in [0.1, 0.15) is 37.6 Å². The zero-order valence-corrected chi connectivity index (χ0v) is 13.6. The first-order valence-electron chi connectivity index (χ1n) is 5.98. The van der Waals surface area contributed by atoms with Crippen LogP contribution < -0.4 is 0 Å². The predicted molar refractivity (Wildman–Crippen MR) is 79.5 cm³/mol. The Morgan fingerprint density at radius 1 is 1.50 bits per heavy atom. The Labute approximate surface area is 124 Å². The molecule has 0 bridgehead atoms. The van der Waals surface area contributed by atoms with Gasteiger partial charge in [0.05, 0.1) is 5.56 Å². The summed E-state index contributed by atoms with van der Waals surface area (Å²) in [5.41, 5.74) is -0.0424. The molecule has 0 saturated heterocycles. The normalized spacial score (nSPS) is 13.6. The number of ether oxygens (including phenoxy) is 1. The van der Waals surface area contributed by atoms with Crippen LogP contribution in [0.4, 0.5) is 0 Å². The van der Waals surface area contributed by atoms with Gasteiger partial charge < -0.3 is 4.74 Å². The molecule has 0 aliphatic carbocycles. The highest BCUT2D eigenvalue weighted by molar-refractivity contribution is 7.92. The number of esters is 1. The fraction of sp³-hybridized carbons (Fsp3) is 0.500. The fourth-order valence-corrected chi connectivity index (χ4v) is 3.23. The van der Waals surface area contributed by atoms with Gasteiger partial charge in [0.1, 0.15) is 10.3 Å². The van der Waals surface area contributed by atoms with Gasteiger partial charge >= 0.3 is 5.97 Å². The van der Waals surface area contributed by atoms with E-state index in [0.717, 1.165) is 17.6 Å². The zero-order valence-electron chi connectivity index (χ0n) is 12.0. The van der Waals surface area contributed by atoms with Gasteiger partial charge in [-0.1, -0.05) is 20.8 Å². The van der Waals surface area contributed by atoms with Gasteiger partial charge in [-0.05, 0) is 11.5 Å². The minimum Gasteiger partial charge on any atom is -0.457 e. The lowest BCUT2D eigenvalue weighted by molar-refractivity contribution is -0.000500. The maximum Gasteiger partial charge on any atom is 0.339 e. The Bertz CT molecular complexity index is 627. The Hall–Kier alpha value is -1.32. The van der Waals surface area contributed by atoms with Crippen LogP contribution in [0.15, 0.2) is 15.7 Å². The number of hydrogen-bond donors (Lipinski definition) is 0. The maximum absolute atomic E-state index is 12.0. The first-order chi connectivity index (χ1) is 9.05. The van der Waals surface area contributed by atoms with Crippen LogP contribution in [0.25, 0.3) is 0 Å². The third-order valence-electron chi connectivity index (χ3n) is 2.70. The quantitative estimate of drug-likeness (QED) is 0.633. The first kappa shape index (κ1) is 16.7. The van der Waals surface area contributed by atoms with Gasteiger partial charge in [-0.15, -0.1) is 23.7 Å². The van der Waals surface area contributed by atoms with Crippen LogP contribution >= 0.6 is 11.3 Å². The Kier molecular flexibility index (Phi) is 5.00. The molecule has 1 aromatic rings. The van der Waals surface area contributed by atoms with Crippen molar-refractivity contribution in [2.75, 3.05) is 6.26 Å². The van der Waals surface area contributed by atoms with Crippen LogP contribution in [0.5, 0.6) is 0 Å². The van der Waals surface area contributed by atoms with E-state index in [1.54, 1.807) is 0 Å². The second-order valence-corrected chi connectivity index (χ2v) is 8.75. The van der Waals surface area contributed by atoms with Crippen LogP contribution in [0, 0.1) is 17.8 Å². The minimum absolute atomic E-state index is 0.147. The molecular weight excluding hydrogens is 296 g/mol. The van der Waals surface area contributed by atoms with Crippen molar-refractivity contribution in [2.45, 2.75) is 37.5 Å². The van der Waals surface area contributed by atoms with Crippen LogP contribution in [0.3, 0.4) is 0 Å². The number of terminal acetylenes is 1. The standard InChI is InChI=1S/C14H18O4S2/c1-6-7-11(14(2,3)4)18-13(15)10-8-12(19-9-10)20(5,16)17/h1,8-9,11H,7H2,2-5H3. The van der Waals surface area contributed by atoms with Crippen LogP contribution in [0.2, 0.25) is 0 Å². The smallest absolute Gasteiger partial charge is 0.339 e. The van der Waals surface area contributed by atoms with Crippen LogP contribution in [-0.4, -0.2) is 26.7 Å². The second kappa shape index (κ2) is 5.98. The van der Waals surface area contributed by atoms with Gasteiger partial charge in [0.2, 0.25) is 0 Å². The Morgan fingerprint density at radius 3 is 2.50 bits per heavy atom. The highest BCUT2D eigenvalue weighted by Gasteiger charge is 2.28. The van der Waals surface area contributed by atoms with Crippen molar-refractivity contribution in [3.05, 3.63) is 17.0 Å². The van der Waals surface area contributed by atoms with Crippen LogP contribution in [-0.2, 0) is 14.6 Å². The van der Waals surface area contributed by atoms with E-state index in [9.17, 15) is 13.2 Å². The molecule has 0 aromatic carbocycles. The number of hydrogen-bond acceptors (Lipinski definition) is 5. The number of thiophene rings is 1. The zero-order chi connectivity index (χ0) is 15.6. The summed E-state index contributed by atoms with van der Waals surface area (Å²) in [7, 11) is -3.30. The Morgan fingerprint density at radius 2 is 2.10 bits per heavy atom. The van der Waals surface area contributed by atoms with Crippen molar-refractivity contribution in [3.8, 4) is 12.3 Å². The molecule has 0 aliphatic rings. The second-order valence-electron chi connectivity index (χ2n) is 5.59. The Balaban J connectivity index is 2.91. The molecule has 1 aromatic heterocycles. The van der Waals surface area contributed by atoms with E-state index in [1.165, 1.54) is 11.4 Å². The van der Waals surface area contributed by atoms with Gasteiger partial charge in [0.25, 0.3) is 0 Å². The molecule has 20 heavy (non-hydrogen) atoms. The third-order valence-corrected chi connectivity index (χ3v) is 5.46. The highest BCUT2D eigenvalue weighted by Crippen LogP contribution is 2.27. The van der Waals surface area contributed by atoms with E-state index in [-0.39, 0.29) is 15.2 Å². The molecule has 0 amide bonds. The third kappa shape index (κ3) is 4.36. The molecule has 0 spiro atoms. The molecule has 0 radical (unpaired) electrons. The summed E-state index contributed by atoms with van der Waals surface area (Å²) in [5.74, 6) is 1.94. The lowest BCUT2D eigenvalue weighted by atomic mass is 9.87.